The Morgan fingerprint density at radius 2 is 1.79 bits per heavy atom. The number of rotatable bonds is 2. The number of amides is 2. The minimum Gasteiger partial charge on any atom is -0.475 e. The van der Waals surface area contributed by atoms with Crippen LogP contribution in [-0.2, 0) is 4.79 Å². The highest BCUT2D eigenvalue weighted by atomic mass is 19.4. The van der Waals surface area contributed by atoms with Gasteiger partial charge in [0.1, 0.15) is 5.69 Å². The molecule has 2 aromatic heterocycles. The lowest BCUT2D eigenvalue weighted by atomic mass is 10.1. The summed E-state index contributed by atoms with van der Waals surface area (Å²) in [7, 11) is 0. The molecule has 38 heavy (non-hydrogen) atoms. The summed E-state index contributed by atoms with van der Waals surface area (Å²) in [5.41, 5.74) is 3.92. The fourth-order valence-corrected chi connectivity index (χ4v) is 3.47. The van der Waals surface area contributed by atoms with E-state index < -0.39 is 12.1 Å². The van der Waals surface area contributed by atoms with Gasteiger partial charge in [-0.25, -0.2) is 24.1 Å². The zero-order valence-corrected chi connectivity index (χ0v) is 19.5. The van der Waals surface area contributed by atoms with Gasteiger partial charge in [0.25, 0.3) is 0 Å². The van der Waals surface area contributed by atoms with Gasteiger partial charge >= 0.3 is 18.2 Å². The molecule has 192 valence electrons. The Morgan fingerprint density at radius 1 is 1.03 bits per heavy atom. The fraction of sp³-hybridized carbons (Fsp3) is 0.115. The Hall–Kier alpha value is -5.18. The van der Waals surface area contributed by atoms with Crippen molar-refractivity contribution in [2.75, 3.05) is 5.32 Å². The second kappa shape index (κ2) is 11.3. The summed E-state index contributed by atoms with van der Waals surface area (Å²) in [5.74, 6) is 3.44. The molecule has 0 spiro atoms. The number of nitrogens with zero attached hydrogens (tertiary/aromatic N) is 5. The van der Waals surface area contributed by atoms with E-state index in [1.807, 2.05) is 66.7 Å². The van der Waals surface area contributed by atoms with Crippen LogP contribution in [0.2, 0.25) is 0 Å². The molecule has 1 unspecified atom stereocenters. The van der Waals surface area contributed by atoms with Crippen molar-refractivity contribution in [2.45, 2.75) is 18.6 Å². The number of hydrazone groups is 1. The van der Waals surface area contributed by atoms with Crippen molar-refractivity contribution in [3.63, 3.8) is 0 Å². The lowest BCUT2D eigenvalue weighted by Crippen LogP contribution is -2.31. The number of halogens is 3. The van der Waals surface area contributed by atoms with Gasteiger partial charge in [-0.3, -0.25) is 0 Å². The molecule has 0 bridgehead atoms. The topological polar surface area (TPSA) is 112 Å². The fourth-order valence-electron chi connectivity index (χ4n) is 3.47. The van der Waals surface area contributed by atoms with Crippen LogP contribution in [0.1, 0.15) is 29.3 Å². The van der Waals surface area contributed by atoms with Crippen LogP contribution in [0, 0.1) is 11.8 Å². The smallest absolute Gasteiger partial charge is 0.475 e. The number of aliphatic carboxylic acids is 1. The van der Waals surface area contributed by atoms with Gasteiger partial charge in [0.2, 0.25) is 0 Å². The van der Waals surface area contributed by atoms with Crippen molar-refractivity contribution in [3.8, 4) is 11.8 Å². The first kappa shape index (κ1) is 25.9. The number of benzene rings is 2. The van der Waals surface area contributed by atoms with Gasteiger partial charge in [-0.15, -0.1) is 0 Å². The number of anilines is 1. The van der Waals surface area contributed by atoms with Crippen LogP contribution in [0.15, 0.2) is 84.2 Å². The summed E-state index contributed by atoms with van der Waals surface area (Å²) >= 11 is 0. The zero-order valence-electron chi connectivity index (χ0n) is 19.5. The number of carbonyl (C=O) groups excluding carboxylic acids is 1. The Bertz CT molecular complexity index is 1540. The Labute approximate surface area is 214 Å². The van der Waals surface area contributed by atoms with Crippen molar-refractivity contribution < 1.29 is 27.9 Å². The maximum atomic E-state index is 12.8. The summed E-state index contributed by atoms with van der Waals surface area (Å²) < 4.78 is 33.4. The Balaban J connectivity index is 0.000000426. The van der Waals surface area contributed by atoms with Crippen LogP contribution in [0.5, 0.6) is 0 Å². The van der Waals surface area contributed by atoms with E-state index in [1.165, 1.54) is 5.01 Å². The number of alkyl halides is 3. The number of carboxylic acids is 1. The van der Waals surface area contributed by atoms with E-state index in [0.717, 1.165) is 16.8 Å². The van der Waals surface area contributed by atoms with Gasteiger partial charge in [-0.2, -0.15) is 23.4 Å². The van der Waals surface area contributed by atoms with E-state index in [9.17, 15) is 18.0 Å². The van der Waals surface area contributed by atoms with E-state index in [2.05, 4.69) is 32.3 Å². The van der Waals surface area contributed by atoms with Crippen LogP contribution in [0.3, 0.4) is 0 Å². The summed E-state index contributed by atoms with van der Waals surface area (Å²) in [5, 5.41) is 20.1. The lowest BCUT2D eigenvalue weighted by Gasteiger charge is -2.22. The minimum atomic E-state index is -5.08. The average molecular weight is 520 g/mol. The van der Waals surface area contributed by atoms with E-state index in [-0.39, 0.29) is 12.1 Å². The summed E-state index contributed by atoms with van der Waals surface area (Å²) in [6, 6.07) is 20.6. The number of carbonyl (C=O) groups is 2. The highest BCUT2D eigenvalue weighted by Gasteiger charge is 2.38. The SMILES string of the molecule is O=C(Nc1cccc(C#Cc2cnc3cccnn23)c1)N1N=CCC1c1ccccc1.O=C(O)C(F)(F)F. The predicted octanol–water partition coefficient (Wildman–Crippen LogP) is 4.73. The van der Waals surface area contributed by atoms with E-state index in [0.29, 0.717) is 17.8 Å². The molecular formula is C26H19F3N6O3. The standard InChI is InChI=1S/C24H18N6O.C2HF3O2/c31-24(30-22(13-15-27-30)19-7-2-1-3-8-19)28-20-9-4-6-18(16-20)11-12-21-17-25-23-10-5-14-26-29(21)23;3-2(4,5)1(6)7/h1-10,14-17,22H,13H2,(H,28,31);(H,6,7). The number of urea groups is 1. The largest absolute Gasteiger partial charge is 0.490 e. The van der Waals surface area contributed by atoms with Crippen LogP contribution >= 0.6 is 0 Å². The lowest BCUT2D eigenvalue weighted by molar-refractivity contribution is -0.192. The van der Waals surface area contributed by atoms with Crippen LogP contribution in [0.25, 0.3) is 5.65 Å². The van der Waals surface area contributed by atoms with Crippen molar-refractivity contribution in [1.82, 2.24) is 19.6 Å². The normalized spacial score (nSPS) is 14.3. The van der Waals surface area contributed by atoms with Crippen LogP contribution in [0.4, 0.5) is 23.7 Å². The van der Waals surface area contributed by atoms with E-state index in [4.69, 9.17) is 9.90 Å². The molecule has 2 aromatic carbocycles. The molecule has 9 nitrogen and oxygen atoms in total. The molecule has 2 amide bonds. The van der Waals surface area contributed by atoms with Gasteiger partial charge in [0.15, 0.2) is 5.65 Å². The molecular weight excluding hydrogens is 501 g/mol. The molecule has 2 N–H and O–H groups in total. The van der Waals surface area contributed by atoms with Crippen LogP contribution in [-0.4, -0.2) is 49.1 Å². The van der Waals surface area contributed by atoms with Crippen molar-refractivity contribution >= 4 is 29.5 Å². The third-order valence-corrected chi connectivity index (χ3v) is 5.19. The third-order valence-electron chi connectivity index (χ3n) is 5.19. The predicted molar refractivity (Wildman–Crippen MR) is 132 cm³/mol. The number of hydrogen-bond donors (Lipinski definition) is 2. The van der Waals surface area contributed by atoms with Gasteiger partial charge in [-0.05, 0) is 41.8 Å². The number of hydrogen-bond acceptors (Lipinski definition) is 5. The molecule has 0 radical (unpaired) electrons. The second-order valence-corrected chi connectivity index (χ2v) is 7.81. The molecule has 4 aromatic rings. The molecule has 12 heteroatoms. The first-order valence-electron chi connectivity index (χ1n) is 11.1. The highest BCUT2D eigenvalue weighted by molar-refractivity contribution is 5.91. The molecule has 1 aliphatic heterocycles. The van der Waals surface area contributed by atoms with E-state index in [1.54, 1.807) is 23.1 Å². The van der Waals surface area contributed by atoms with Gasteiger partial charge in [-0.1, -0.05) is 42.3 Å². The van der Waals surface area contributed by atoms with Gasteiger partial charge in [0.05, 0.1) is 12.2 Å². The van der Waals surface area contributed by atoms with Gasteiger partial charge < -0.3 is 10.4 Å². The highest BCUT2D eigenvalue weighted by Crippen LogP contribution is 2.28. The molecule has 3 heterocycles. The first-order valence-corrected chi connectivity index (χ1v) is 11.1. The van der Waals surface area contributed by atoms with Crippen LogP contribution < -0.4 is 5.32 Å². The molecule has 1 aliphatic rings. The quantitative estimate of drug-likeness (QED) is 0.371. The number of nitrogens with one attached hydrogen (secondary N) is 1. The second-order valence-electron chi connectivity index (χ2n) is 7.81. The van der Waals surface area contributed by atoms with Gasteiger partial charge in [0, 0.05) is 30.1 Å². The first-order chi connectivity index (χ1) is 18.2. The average Bonchev–Trinajstić information content (AvgIpc) is 3.56. The summed E-state index contributed by atoms with van der Waals surface area (Å²) in [6.45, 7) is 0. The molecule has 0 saturated carbocycles. The van der Waals surface area contributed by atoms with E-state index >= 15 is 0 Å². The molecule has 5 rings (SSSR count). The summed E-state index contributed by atoms with van der Waals surface area (Å²) in [4.78, 5) is 26.0. The molecule has 1 atom stereocenters. The number of fused-ring (bicyclic) bond motifs is 1. The van der Waals surface area contributed by atoms with Crippen molar-refractivity contribution in [2.24, 2.45) is 5.10 Å². The molecule has 0 fully saturated rings. The number of carboxylic acid groups (broad SMARTS) is 1. The number of imidazole rings is 1. The molecule has 0 saturated heterocycles. The zero-order chi connectivity index (χ0) is 27.1. The Kier molecular flexibility index (Phi) is 7.67. The maximum absolute atomic E-state index is 12.8. The van der Waals surface area contributed by atoms with Crippen molar-refractivity contribution in [1.29, 1.82) is 0 Å². The molecule has 0 aliphatic carbocycles. The third kappa shape index (κ3) is 6.33. The summed E-state index contributed by atoms with van der Waals surface area (Å²) in [6.07, 6.45) is 0.759. The maximum Gasteiger partial charge on any atom is 0.490 e. The Morgan fingerprint density at radius 3 is 2.53 bits per heavy atom. The minimum absolute atomic E-state index is 0.105. The number of aromatic nitrogens is 3. The monoisotopic (exact) mass is 520 g/mol. The van der Waals surface area contributed by atoms with Crippen molar-refractivity contribution in [3.05, 3.63) is 95.9 Å².